The summed E-state index contributed by atoms with van der Waals surface area (Å²) in [6, 6.07) is 19.4. The zero-order valence-electron chi connectivity index (χ0n) is 20.0. The molecule has 10 nitrogen and oxygen atoms in total. The molecule has 37 heavy (non-hydrogen) atoms. The van der Waals surface area contributed by atoms with E-state index in [1.54, 1.807) is 55.5 Å². The summed E-state index contributed by atoms with van der Waals surface area (Å²) in [6.45, 7) is 1.10. The van der Waals surface area contributed by atoms with Gasteiger partial charge in [0.25, 0.3) is 0 Å². The first kappa shape index (κ1) is 25.1. The number of para-hydroxylation sites is 1. The number of hydrogen-bond donors (Lipinski definition) is 2. The number of imidazole rings is 1. The number of fused-ring (bicyclic) bond motifs is 1. The Labute approximate surface area is 211 Å². The Morgan fingerprint density at radius 1 is 0.838 bits per heavy atom. The maximum Gasteiger partial charge on any atom is 0.338 e. The van der Waals surface area contributed by atoms with Gasteiger partial charge in [0.2, 0.25) is 11.8 Å². The summed E-state index contributed by atoms with van der Waals surface area (Å²) in [4.78, 5) is 63.0. The van der Waals surface area contributed by atoms with Crippen molar-refractivity contribution in [3.05, 3.63) is 100.0 Å². The number of aromatic nitrogens is 2. The van der Waals surface area contributed by atoms with Crippen LogP contribution < -0.4 is 16.7 Å². The molecule has 0 fully saturated rings. The number of esters is 1. The summed E-state index contributed by atoms with van der Waals surface area (Å²) in [5.41, 5.74) is 6.55. The lowest BCUT2D eigenvalue weighted by Crippen LogP contribution is -2.32. The summed E-state index contributed by atoms with van der Waals surface area (Å²) >= 11 is 0. The second kappa shape index (κ2) is 10.7. The fourth-order valence-electron chi connectivity index (χ4n) is 4.01. The molecule has 0 saturated heterocycles. The van der Waals surface area contributed by atoms with Crippen LogP contribution in [0, 0.1) is 0 Å². The van der Waals surface area contributed by atoms with E-state index in [-0.39, 0.29) is 23.5 Å². The highest BCUT2D eigenvalue weighted by Crippen LogP contribution is 2.22. The normalized spacial score (nSPS) is 10.7. The predicted molar refractivity (Wildman–Crippen MR) is 136 cm³/mol. The average molecular weight is 501 g/mol. The molecule has 0 bridgehead atoms. The van der Waals surface area contributed by atoms with Crippen molar-refractivity contribution in [3.8, 4) is 0 Å². The largest absolute Gasteiger partial charge is 0.462 e. The SMILES string of the molecule is CCOC(=O)c1ccc(NC(=O)Cn2c(=O)n(CC(N)=O)c3cccc(C(=O)c4ccccc4)c32)cc1. The van der Waals surface area contributed by atoms with Crippen LogP contribution in [0.3, 0.4) is 0 Å². The van der Waals surface area contributed by atoms with Crippen LogP contribution in [0.2, 0.25) is 0 Å². The Morgan fingerprint density at radius 2 is 1.54 bits per heavy atom. The smallest absolute Gasteiger partial charge is 0.338 e. The number of ether oxygens (including phenoxy) is 1. The van der Waals surface area contributed by atoms with Crippen LogP contribution in [0.15, 0.2) is 77.6 Å². The first-order chi connectivity index (χ1) is 17.8. The third-order valence-electron chi connectivity index (χ3n) is 5.61. The maximum absolute atomic E-state index is 13.3. The van der Waals surface area contributed by atoms with E-state index in [1.807, 2.05) is 0 Å². The van der Waals surface area contributed by atoms with Gasteiger partial charge in [-0.25, -0.2) is 9.59 Å². The molecular formula is C27H24N4O6. The van der Waals surface area contributed by atoms with Gasteiger partial charge in [0.1, 0.15) is 13.1 Å². The summed E-state index contributed by atoms with van der Waals surface area (Å²) in [5.74, 6) is -2.12. The standard InChI is InChI=1S/C27H24N4O6/c1-2-37-26(35)18-11-13-19(14-12-18)29-23(33)16-31-24-20(25(34)17-7-4-3-5-8-17)9-6-10-21(24)30(27(31)36)15-22(28)32/h3-14H,2,15-16H2,1H3,(H2,28,32)(H,29,33). The number of carbonyl (C=O) groups is 4. The summed E-state index contributed by atoms with van der Waals surface area (Å²) in [5, 5.41) is 2.67. The van der Waals surface area contributed by atoms with Crippen molar-refractivity contribution >= 4 is 40.3 Å². The van der Waals surface area contributed by atoms with Gasteiger partial charge in [-0.2, -0.15) is 0 Å². The van der Waals surface area contributed by atoms with Gasteiger partial charge in [-0.3, -0.25) is 23.5 Å². The minimum atomic E-state index is -0.743. The second-order valence-electron chi connectivity index (χ2n) is 8.14. The third-order valence-corrected chi connectivity index (χ3v) is 5.61. The number of nitrogens with two attached hydrogens (primary N) is 1. The highest BCUT2D eigenvalue weighted by molar-refractivity contribution is 6.15. The average Bonchev–Trinajstić information content (AvgIpc) is 3.15. The van der Waals surface area contributed by atoms with Crippen LogP contribution in [0.1, 0.15) is 33.2 Å². The van der Waals surface area contributed by atoms with Crippen molar-refractivity contribution in [3.63, 3.8) is 0 Å². The van der Waals surface area contributed by atoms with Crippen molar-refractivity contribution in [2.75, 3.05) is 11.9 Å². The topological polar surface area (TPSA) is 142 Å². The highest BCUT2D eigenvalue weighted by atomic mass is 16.5. The Bertz CT molecular complexity index is 1550. The fourth-order valence-corrected chi connectivity index (χ4v) is 4.01. The maximum atomic E-state index is 13.3. The first-order valence-electron chi connectivity index (χ1n) is 11.5. The molecule has 3 N–H and O–H groups in total. The van der Waals surface area contributed by atoms with Crippen LogP contribution in [0.5, 0.6) is 0 Å². The van der Waals surface area contributed by atoms with Crippen molar-refractivity contribution in [1.82, 2.24) is 9.13 Å². The number of nitrogens with one attached hydrogen (secondary N) is 1. The van der Waals surface area contributed by atoms with E-state index in [2.05, 4.69) is 5.32 Å². The number of amides is 2. The Hall–Kier alpha value is -4.99. The molecule has 10 heteroatoms. The number of rotatable bonds is 9. The first-order valence-corrected chi connectivity index (χ1v) is 11.5. The number of nitrogens with zero attached hydrogens (tertiary/aromatic N) is 2. The Balaban J connectivity index is 1.71. The minimum absolute atomic E-state index is 0.204. The van der Waals surface area contributed by atoms with Gasteiger partial charge in [-0.05, 0) is 43.3 Å². The Morgan fingerprint density at radius 3 is 2.19 bits per heavy atom. The summed E-state index contributed by atoms with van der Waals surface area (Å²) in [6.07, 6.45) is 0. The zero-order valence-corrected chi connectivity index (χ0v) is 20.0. The lowest BCUT2D eigenvalue weighted by atomic mass is 10.0. The van der Waals surface area contributed by atoms with Gasteiger partial charge in [0.15, 0.2) is 5.78 Å². The second-order valence-corrected chi connectivity index (χ2v) is 8.14. The molecule has 0 atom stereocenters. The fraction of sp³-hybridized carbons (Fsp3) is 0.148. The Kier molecular flexibility index (Phi) is 7.28. The van der Waals surface area contributed by atoms with Gasteiger partial charge < -0.3 is 15.8 Å². The van der Waals surface area contributed by atoms with Gasteiger partial charge >= 0.3 is 11.7 Å². The monoisotopic (exact) mass is 500 g/mol. The van der Waals surface area contributed by atoms with E-state index in [4.69, 9.17) is 10.5 Å². The molecule has 2 amide bonds. The number of primary amides is 1. The van der Waals surface area contributed by atoms with Crippen LogP contribution in [-0.2, 0) is 27.4 Å². The molecule has 0 unspecified atom stereocenters. The number of benzene rings is 3. The lowest BCUT2D eigenvalue weighted by Gasteiger charge is -2.09. The predicted octanol–water partition coefficient (Wildman–Crippen LogP) is 2.33. The molecule has 3 aromatic carbocycles. The van der Waals surface area contributed by atoms with Crippen LogP contribution in [0.25, 0.3) is 11.0 Å². The van der Waals surface area contributed by atoms with Crippen LogP contribution in [0.4, 0.5) is 5.69 Å². The van der Waals surface area contributed by atoms with Gasteiger partial charge in [0, 0.05) is 16.8 Å². The van der Waals surface area contributed by atoms with Crippen molar-refractivity contribution in [2.24, 2.45) is 5.73 Å². The van der Waals surface area contributed by atoms with E-state index >= 15 is 0 Å². The lowest BCUT2D eigenvalue weighted by molar-refractivity contribution is -0.118. The third kappa shape index (κ3) is 5.32. The van der Waals surface area contributed by atoms with Crippen LogP contribution in [-0.4, -0.2) is 39.3 Å². The molecule has 1 aromatic heterocycles. The van der Waals surface area contributed by atoms with Gasteiger partial charge in [-0.1, -0.05) is 36.4 Å². The van der Waals surface area contributed by atoms with Crippen molar-refractivity contribution in [2.45, 2.75) is 20.0 Å². The summed E-state index contributed by atoms with van der Waals surface area (Å²) in [7, 11) is 0. The van der Waals surface area contributed by atoms with Crippen molar-refractivity contribution in [1.29, 1.82) is 0 Å². The molecule has 1 heterocycles. The molecule has 0 aliphatic heterocycles. The number of carbonyl (C=O) groups excluding carboxylic acids is 4. The summed E-state index contributed by atoms with van der Waals surface area (Å²) < 4.78 is 7.24. The number of hydrogen-bond acceptors (Lipinski definition) is 6. The van der Waals surface area contributed by atoms with E-state index in [9.17, 15) is 24.0 Å². The van der Waals surface area contributed by atoms with E-state index in [0.29, 0.717) is 22.3 Å². The highest BCUT2D eigenvalue weighted by Gasteiger charge is 2.23. The molecule has 0 aliphatic rings. The molecular weight excluding hydrogens is 476 g/mol. The molecule has 0 saturated carbocycles. The van der Waals surface area contributed by atoms with Gasteiger partial charge in [0.05, 0.1) is 23.2 Å². The molecule has 0 radical (unpaired) electrons. The molecule has 188 valence electrons. The molecule has 4 rings (SSSR count). The van der Waals surface area contributed by atoms with E-state index in [1.165, 1.54) is 24.3 Å². The quantitative estimate of drug-likeness (QED) is 0.267. The number of ketones is 1. The van der Waals surface area contributed by atoms with Crippen molar-refractivity contribution < 1.29 is 23.9 Å². The van der Waals surface area contributed by atoms with Gasteiger partial charge in [-0.15, -0.1) is 0 Å². The number of anilines is 1. The van der Waals surface area contributed by atoms with E-state index < -0.39 is 36.6 Å². The van der Waals surface area contributed by atoms with Crippen LogP contribution >= 0.6 is 0 Å². The zero-order chi connectivity index (χ0) is 26.5. The minimum Gasteiger partial charge on any atom is -0.462 e. The molecule has 0 aliphatic carbocycles. The molecule has 4 aromatic rings. The van der Waals surface area contributed by atoms with E-state index in [0.717, 1.165) is 9.13 Å². The molecule has 0 spiro atoms.